The topological polar surface area (TPSA) is 42.2 Å². The Kier molecular flexibility index (Phi) is 4.36. The first-order valence-electron chi connectivity index (χ1n) is 8.86. The van der Waals surface area contributed by atoms with Gasteiger partial charge in [-0.05, 0) is 50.1 Å². The summed E-state index contributed by atoms with van der Waals surface area (Å²) in [6.07, 6.45) is 1.07. The van der Waals surface area contributed by atoms with E-state index in [-0.39, 0.29) is 0 Å². The molecule has 4 rings (SSSR count). The van der Waals surface area contributed by atoms with Crippen molar-refractivity contribution < 1.29 is 4.42 Å². The van der Waals surface area contributed by atoms with E-state index in [0.29, 0.717) is 11.8 Å². The molecule has 1 unspecified atom stereocenters. The van der Waals surface area contributed by atoms with E-state index in [4.69, 9.17) is 4.42 Å². The maximum absolute atomic E-state index is 5.97. The van der Waals surface area contributed by atoms with Crippen LogP contribution in [-0.2, 0) is 6.54 Å². The molecule has 3 aromatic rings. The zero-order chi connectivity index (χ0) is 17.2. The third kappa shape index (κ3) is 3.49. The summed E-state index contributed by atoms with van der Waals surface area (Å²) >= 11 is 0. The Morgan fingerprint density at radius 3 is 2.64 bits per heavy atom. The fourth-order valence-electron chi connectivity index (χ4n) is 3.42. The van der Waals surface area contributed by atoms with Gasteiger partial charge in [0.05, 0.1) is 5.92 Å². The molecule has 0 aliphatic carbocycles. The van der Waals surface area contributed by atoms with Crippen LogP contribution in [0.25, 0.3) is 11.5 Å². The maximum atomic E-state index is 5.97. The number of aromatic nitrogens is 2. The summed E-state index contributed by atoms with van der Waals surface area (Å²) in [5.74, 6) is 1.71. The van der Waals surface area contributed by atoms with Crippen molar-refractivity contribution >= 4 is 0 Å². The summed E-state index contributed by atoms with van der Waals surface area (Å²) in [6.45, 7) is 7.28. The highest BCUT2D eigenvalue weighted by molar-refractivity contribution is 5.52. The van der Waals surface area contributed by atoms with E-state index in [9.17, 15) is 0 Å². The minimum atomic E-state index is 0.329. The van der Waals surface area contributed by atoms with Crippen LogP contribution in [0.4, 0.5) is 0 Å². The second-order valence-corrected chi connectivity index (χ2v) is 6.96. The largest absolute Gasteiger partial charge is 0.420 e. The lowest BCUT2D eigenvalue weighted by atomic mass is 10.1. The molecule has 1 atom stereocenters. The minimum absolute atomic E-state index is 0.329. The Morgan fingerprint density at radius 1 is 1.04 bits per heavy atom. The molecule has 4 nitrogen and oxygen atoms in total. The summed E-state index contributed by atoms with van der Waals surface area (Å²) in [5.41, 5.74) is 4.96. The van der Waals surface area contributed by atoms with Gasteiger partial charge in [0.15, 0.2) is 0 Å². The summed E-state index contributed by atoms with van der Waals surface area (Å²) < 4.78 is 5.97. The summed E-state index contributed by atoms with van der Waals surface area (Å²) in [6, 6.07) is 16.8. The molecule has 128 valence electrons. The van der Waals surface area contributed by atoms with Crippen LogP contribution >= 0.6 is 0 Å². The molecule has 0 saturated carbocycles. The van der Waals surface area contributed by atoms with Crippen molar-refractivity contribution in [1.82, 2.24) is 15.1 Å². The van der Waals surface area contributed by atoms with Crippen molar-refractivity contribution in [2.75, 3.05) is 13.1 Å². The zero-order valence-corrected chi connectivity index (χ0v) is 14.8. The third-order valence-electron chi connectivity index (χ3n) is 5.02. The molecule has 1 aliphatic rings. The lowest BCUT2D eigenvalue weighted by Crippen LogP contribution is -2.20. The van der Waals surface area contributed by atoms with Gasteiger partial charge in [-0.25, -0.2) is 0 Å². The first kappa shape index (κ1) is 16.0. The summed E-state index contributed by atoms with van der Waals surface area (Å²) in [4.78, 5) is 2.47. The Morgan fingerprint density at radius 2 is 1.84 bits per heavy atom. The second kappa shape index (κ2) is 6.81. The molecule has 0 bridgehead atoms. The zero-order valence-electron chi connectivity index (χ0n) is 14.8. The van der Waals surface area contributed by atoms with Gasteiger partial charge in [0.2, 0.25) is 11.8 Å². The third-order valence-corrected chi connectivity index (χ3v) is 5.02. The van der Waals surface area contributed by atoms with Gasteiger partial charge in [-0.2, -0.15) is 0 Å². The smallest absolute Gasteiger partial charge is 0.247 e. The molecule has 0 spiro atoms. The summed E-state index contributed by atoms with van der Waals surface area (Å²) in [7, 11) is 0. The monoisotopic (exact) mass is 333 g/mol. The normalized spacial score (nSPS) is 17.9. The van der Waals surface area contributed by atoms with Gasteiger partial charge < -0.3 is 4.42 Å². The van der Waals surface area contributed by atoms with Crippen molar-refractivity contribution in [2.45, 2.75) is 32.7 Å². The van der Waals surface area contributed by atoms with Crippen molar-refractivity contribution in [3.63, 3.8) is 0 Å². The Hall–Kier alpha value is -2.46. The lowest BCUT2D eigenvalue weighted by molar-refractivity contribution is 0.319. The summed E-state index contributed by atoms with van der Waals surface area (Å²) in [5, 5.41) is 8.56. The van der Waals surface area contributed by atoms with Gasteiger partial charge in [-0.15, -0.1) is 10.2 Å². The SMILES string of the molecule is Cc1ccc(-c2nnc(C3CCN(Cc4ccccc4C)C3)o2)cc1. The Bertz CT molecular complexity index is 854. The average Bonchev–Trinajstić information content (AvgIpc) is 3.27. The van der Waals surface area contributed by atoms with Gasteiger partial charge in [0.1, 0.15) is 0 Å². The number of likely N-dealkylation sites (tertiary alicyclic amines) is 1. The highest BCUT2D eigenvalue weighted by Gasteiger charge is 2.28. The van der Waals surface area contributed by atoms with Crippen LogP contribution in [0.1, 0.15) is 34.9 Å². The van der Waals surface area contributed by atoms with E-state index in [1.807, 2.05) is 12.1 Å². The van der Waals surface area contributed by atoms with Gasteiger partial charge >= 0.3 is 0 Å². The molecule has 0 amide bonds. The van der Waals surface area contributed by atoms with Crippen molar-refractivity contribution in [1.29, 1.82) is 0 Å². The molecule has 2 heterocycles. The van der Waals surface area contributed by atoms with Crippen LogP contribution in [0.2, 0.25) is 0 Å². The molecule has 1 aromatic heterocycles. The van der Waals surface area contributed by atoms with Gasteiger partial charge in [-0.1, -0.05) is 42.0 Å². The number of hydrogen-bond acceptors (Lipinski definition) is 4. The van der Waals surface area contributed by atoms with E-state index in [0.717, 1.165) is 37.5 Å². The van der Waals surface area contributed by atoms with E-state index in [2.05, 4.69) is 65.3 Å². The predicted octanol–water partition coefficient (Wildman–Crippen LogP) is 4.34. The Labute approximate surface area is 148 Å². The van der Waals surface area contributed by atoms with E-state index in [1.165, 1.54) is 16.7 Å². The van der Waals surface area contributed by atoms with Gasteiger partial charge in [-0.3, -0.25) is 4.90 Å². The van der Waals surface area contributed by atoms with Crippen LogP contribution in [0, 0.1) is 13.8 Å². The van der Waals surface area contributed by atoms with Crippen LogP contribution < -0.4 is 0 Å². The van der Waals surface area contributed by atoms with Crippen LogP contribution in [0.15, 0.2) is 52.9 Å². The average molecular weight is 333 g/mol. The van der Waals surface area contributed by atoms with E-state index < -0.39 is 0 Å². The highest BCUT2D eigenvalue weighted by atomic mass is 16.4. The van der Waals surface area contributed by atoms with Crippen molar-refractivity contribution in [3.05, 3.63) is 71.1 Å². The van der Waals surface area contributed by atoms with Crippen LogP contribution in [-0.4, -0.2) is 28.2 Å². The quantitative estimate of drug-likeness (QED) is 0.712. The molecule has 25 heavy (non-hydrogen) atoms. The fraction of sp³-hybridized carbons (Fsp3) is 0.333. The maximum Gasteiger partial charge on any atom is 0.247 e. The molecule has 1 saturated heterocycles. The molecule has 0 N–H and O–H groups in total. The number of hydrogen-bond donors (Lipinski definition) is 0. The molecule has 0 radical (unpaired) electrons. The minimum Gasteiger partial charge on any atom is -0.420 e. The molecular formula is C21H23N3O. The van der Waals surface area contributed by atoms with Crippen LogP contribution in [0.5, 0.6) is 0 Å². The van der Waals surface area contributed by atoms with E-state index in [1.54, 1.807) is 0 Å². The molecule has 1 aliphatic heterocycles. The number of benzene rings is 2. The number of rotatable bonds is 4. The standard InChI is InChI=1S/C21H23N3O/c1-15-7-9-17(10-8-15)20-22-23-21(25-20)19-11-12-24(14-19)13-18-6-4-3-5-16(18)2/h3-10,19H,11-14H2,1-2H3. The van der Waals surface area contributed by atoms with Gasteiger partial charge in [0, 0.05) is 18.7 Å². The first-order chi connectivity index (χ1) is 12.2. The molecule has 2 aromatic carbocycles. The molecular weight excluding hydrogens is 310 g/mol. The Balaban J connectivity index is 1.44. The lowest BCUT2D eigenvalue weighted by Gasteiger charge is -2.16. The number of nitrogens with zero attached hydrogens (tertiary/aromatic N) is 3. The fourth-order valence-corrected chi connectivity index (χ4v) is 3.42. The number of aryl methyl sites for hydroxylation is 2. The molecule has 4 heteroatoms. The highest BCUT2D eigenvalue weighted by Crippen LogP contribution is 2.29. The van der Waals surface area contributed by atoms with Crippen LogP contribution in [0.3, 0.4) is 0 Å². The molecule has 1 fully saturated rings. The van der Waals surface area contributed by atoms with Gasteiger partial charge in [0.25, 0.3) is 0 Å². The van der Waals surface area contributed by atoms with E-state index >= 15 is 0 Å². The second-order valence-electron chi connectivity index (χ2n) is 6.96. The van der Waals surface area contributed by atoms with Crippen molar-refractivity contribution in [2.24, 2.45) is 0 Å². The van der Waals surface area contributed by atoms with Crippen molar-refractivity contribution in [3.8, 4) is 11.5 Å². The predicted molar refractivity (Wildman–Crippen MR) is 98.3 cm³/mol. The first-order valence-corrected chi connectivity index (χ1v) is 8.86.